The molecular weight excluding hydrogens is 828 g/mol. The summed E-state index contributed by atoms with van der Waals surface area (Å²) < 4.78 is 23.6. The number of hydrogen-bond acceptors (Lipinski definition) is 5. The third-order valence-corrected chi connectivity index (χ3v) is 12.3. The van der Waals surface area contributed by atoms with E-state index in [-0.39, 0.29) is 19.1 Å². The molecule has 1 amide bonds. The van der Waals surface area contributed by atoms with Gasteiger partial charge in [0.05, 0.1) is 39.9 Å². The summed E-state index contributed by atoms with van der Waals surface area (Å²) in [5.74, 6) is -0.193. The monoisotopic (exact) mass is 930 g/mol. The number of carbonyl (C=O) groups is 1. The highest BCUT2D eigenvalue weighted by molar-refractivity contribution is 7.47. The van der Waals surface area contributed by atoms with E-state index < -0.39 is 20.0 Å². The van der Waals surface area contributed by atoms with Gasteiger partial charge in [-0.3, -0.25) is 13.8 Å². The van der Waals surface area contributed by atoms with Gasteiger partial charge in [-0.15, -0.1) is 0 Å². The van der Waals surface area contributed by atoms with Gasteiger partial charge in [0.15, 0.2) is 0 Å². The van der Waals surface area contributed by atoms with Crippen LogP contribution in [0.2, 0.25) is 0 Å². The molecule has 0 aromatic rings. The molecule has 0 fully saturated rings. The number of carbonyl (C=O) groups excluding carboxylic acids is 1. The molecule has 0 aromatic heterocycles. The minimum absolute atomic E-state index is 0.0520. The van der Waals surface area contributed by atoms with Crippen LogP contribution in [0.4, 0.5) is 0 Å². The highest BCUT2D eigenvalue weighted by Gasteiger charge is 2.27. The van der Waals surface area contributed by atoms with E-state index in [0.717, 1.165) is 70.6 Å². The number of allylic oxidation sites excluding steroid dienone is 13. The molecule has 9 heteroatoms. The second-order valence-corrected chi connectivity index (χ2v) is 20.3. The van der Waals surface area contributed by atoms with Crippen LogP contribution in [0.15, 0.2) is 85.1 Å². The average molecular weight is 930 g/mol. The molecule has 0 rings (SSSR count). The van der Waals surface area contributed by atoms with E-state index in [0.29, 0.717) is 17.4 Å². The number of likely N-dealkylation sites (N-methyl/N-ethyl adjacent to an activating group) is 1. The molecule has 0 spiro atoms. The second-order valence-electron chi connectivity index (χ2n) is 18.9. The molecule has 0 radical (unpaired) electrons. The maximum absolute atomic E-state index is 12.9. The molecule has 0 heterocycles. The van der Waals surface area contributed by atoms with Crippen LogP contribution in [0.25, 0.3) is 0 Å². The molecule has 0 aliphatic rings. The standard InChI is InChI=1S/C56H101N2O6P/c1-6-8-10-12-14-16-18-20-22-24-25-26-27-28-29-30-31-32-33-34-36-38-40-42-44-46-48-50-56(60)57-54(53-64-65(61,62)63-52-51-58(3,4)5)55(59)49-47-45-43-41-39-37-35-23-21-19-17-15-13-11-9-7-2/h8,10,14,16,20,22,25-26,28-29,39,41,47,49,54-55,59H,6-7,9,11-13,15,17-19,21,23-24,27,30-38,40,42-46,48,50-53H2,1-5H3,(H-,57,60,61,62)/p+1/b10-8-,16-14-,22-20-,26-25-,29-28-,41-39+,49-47+. The summed E-state index contributed by atoms with van der Waals surface area (Å²) in [6.07, 6.45) is 65.3. The Kier molecular flexibility index (Phi) is 45.1. The summed E-state index contributed by atoms with van der Waals surface area (Å²) >= 11 is 0. The van der Waals surface area contributed by atoms with Crippen molar-refractivity contribution in [2.45, 2.75) is 225 Å². The van der Waals surface area contributed by atoms with Crippen LogP contribution in [0.5, 0.6) is 0 Å². The second kappa shape index (κ2) is 46.8. The van der Waals surface area contributed by atoms with E-state index >= 15 is 0 Å². The molecule has 3 unspecified atom stereocenters. The van der Waals surface area contributed by atoms with Gasteiger partial charge in [-0.2, -0.15) is 0 Å². The molecule has 0 bridgehead atoms. The molecule has 65 heavy (non-hydrogen) atoms. The fraction of sp³-hybridized carbons (Fsp3) is 0.732. The van der Waals surface area contributed by atoms with Crippen molar-refractivity contribution < 1.29 is 32.9 Å². The van der Waals surface area contributed by atoms with Crippen LogP contribution in [-0.4, -0.2) is 73.4 Å². The number of aliphatic hydroxyl groups is 1. The van der Waals surface area contributed by atoms with Gasteiger partial charge < -0.3 is 19.8 Å². The zero-order valence-corrected chi connectivity index (χ0v) is 43.6. The van der Waals surface area contributed by atoms with Crippen LogP contribution in [0.1, 0.15) is 213 Å². The summed E-state index contributed by atoms with van der Waals surface area (Å²) in [6, 6.07) is -0.869. The van der Waals surface area contributed by atoms with Crippen molar-refractivity contribution in [3.8, 4) is 0 Å². The van der Waals surface area contributed by atoms with Crippen LogP contribution < -0.4 is 5.32 Å². The SMILES string of the molecule is CC/C=C\C/C=C\C/C=C\C/C=C\C/C=C\CCCCCCCCCCCCCC(=O)NC(COP(=O)(O)OCC[N+](C)(C)C)C(O)/C=C/CC/C=C/CCCCCCCCCCCC. The molecule has 8 nitrogen and oxygen atoms in total. The topological polar surface area (TPSA) is 105 Å². The molecule has 0 saturated heterocycles. The van der Waals surface area contributed by atoms with Crippen molar-refractivity contribution in [3.05, 3.63) is 85.1 Å². The van der Waals surface area contributed by atoms with Crippen LogP contribution in [0.3, 0.4) is 0 Å². The lowest BCUT2D eigenvalue weighted by Gasteiger charge is -2.25. The van der Waals surface area contributed by atoms with Crippen molar-refractivity contribution in [2.24, 2.45) is 0 Å². The van der Waals surface area contributed by atoms with Crippen molar-refractivity contribution >= 4 is 13.7 Å². The molecule has 0 aliphatic heterocycles. The first-order valence-corrected chi connectivity index (χ1v) is 28.0. The van der Waals surface area contributed by atoms with Gasteiger partial charge in [-0.1, -0.05) is 214 Å². The van der Waals surface area contributed by atoms with Gasteiger partial charge in [-0.05, 0) is 77.0 Å². The number of phosphoric acid groups is 1. The first kappa shape index (κ1) is 62.7. The number of hydrogen-bond donors (Lipinski definition) is 3. The largest absolute Gasteiger partial charge is 0.472 e. The minimum Gasteiger partial charge on any atom is -0.387 e. The van der Waals surface area contributed by atoms with Crippen LogP contribution >= 0.6 is 7.82 Å². The number of unbranched alkanes of at least 4 members (excludes halogenated alkanes) is 22. The normalized spacial score (nSPS) is 14.8. The van der Waals surface area contributed by atoms with Gasteiger partial charge in [0.2, 0.25) is 5.91 Å². The fourth-order valence-corrected chi connectivity index (χ4v) is 7.94. The van der Waals surface area contributed by atoms with E-state index in [9.17, 15) is 19.4 Å². The van der Waals surface area contributed by atoms with Crippen LogP contribution in [0, 0.1) is 0 Å². The summed E-state index contributed by atoms with van der Waals surface area (Å²) in [5, 5.41) is 13.9. The zero-order valence-electron chi connectivity index (χ0n) is 42.7. The molecule has 376 valence electrons. The third-order valence-electron chi connectivity index (χ3n) is 11.3. The van der Waals surface area contributed by atoms with E-state index in [4.69, 9.17) is 9.05 Å². The molecular formula is C56H102N2O6P+. The predicted octanol–water partition coefficient (Wildman–Crippen LogP) is 15.7. The molecule has 0 saturated carbocycles. The van der Waals surface area contributed by atoms with E-state index in [1.165, 1.54) is 122 Å². The third kappa shape index (κ3) is 49.4. The van der Waals surface area contributed by atoms with Crippen molar-refractivity contribution in [3.63, 3.8) is 0 Å². The lowest BCUT2D eigenvalue weighted by atomic mass is 10.0. The number of amides is 1. The Hall–Kier alpha value is -2.32. The molecule has 0 aliphatic carbocycles. The highest BCUT2D eigenvalue weighted by atomic mass is 31.2. The Balaban J connectivity index is 4.28. The summed E-state index contributed by atoms with van der Waals surface area (Å²) in [7, 11) is 1.54. The Morgan fingerprint density at radius 1 is 0.538 bits per heavy atom. The lowest BCUT2D eigenvalue weighted by Crippen LogP contribution is -2.45. The number of nitrogens with zero attached hydrogens (tertiary/aromatic N) is 1. The Morgan fingerprint density at radius 2 is 0.938 bits per heavy atom. The van der Waals surface area contributed by atoms with E-state index in [1.807, 2.05) is 27.2 Å². The van der Waals surface area contributed by atoms with Gasteiger partial charge in [0, 0.05) is 6.42 Å². The van der Waals surface area contributed by atoms with Crippen molar-refractivity contribution in [1.82, 2.24) is 5.32 Å². The van der Waals surface area contributed by atoms with Crippen LogP contribution in [-0.2, 0) is 18.4 Å². The van der Waals surface area contributed by atoms with E-state index in [2.05, 4.69) is 92.1 Å². The number of quaternary nitrogens is 1. The average Bonchev–Trinajstić information content (AvgIpc) is 3.26. The molecule has 3 atom stereocenters. The predicted molar refractivity (Wildman–Crippen MR) is 281 cm³/mol. The van der Waals surface area contributed by atoms with Crippen molar-refractivity contribution in [1.29, 1.82) is 0 Å². The van der Waals surface area contributed by atoms with Gasteiger partial charge in [0.1, 0.15) is 13.2 Å². The zero-order chi connectivity index (χ0) is 47.8. The lowest BCUT2D eigenvalue weighted by molar-refractivity contribution is -0.870. The number of aliphatic hydroxyl groups excluding tert-OH is 1. The quantitative estimate of drug-likeness (QED) is 0.0243. The summed E-state index contributed by atoms with van der Waals surface area (Å²) in [6.45, 7) is 4.67. The minimum atomic E-state index is -4.36. The van der Waals surface area contributed by atoms with Gasteiger partial charge in [0.25, 0.3) is 0 Å². The van der Waals surface area contributed by atoms with E-state index in [1.54, 1.807) is 6.08 Å². The molecule has 3 N–H and O–H groups in total. The summed E-state index contributed by atoms with van der Waals surface area (Å²) in [5.41, 5.74) is 0. The number of nitrogens with one attached hydrogen (secondary N) is 1. The fourth-order valence-electron chi connectivity index (χ4n) is 7.20. The highest BCUT2D eigenvalue weighted by Crippen LogP contribution is 2.43. The number of rotatable bonds is 47. The maximum atomic E-state index is 12.9. The summed E-state index contributed by atoms with van der Waals surface area (Å²) in [4.78, 5) is 23.2. The van der Waals surface area contributed by atoms with Gasteiger partial charge in [-0.25, -0.2) is 4.57 Å². The first-order chi connectivity index (χ1) is 31.5. The Labute approximate surface area is 401 Å². The maximum Gasteiger partial charge on any atom is 0.472 e. The smallest absolute Gasteiger partial charge is 0.387 e. The van der Waals surface area contributed by atoms with Gasteiger partial charge >= 0.3 is 7.82 Å². The number of phosphoric ester groups is 1. The first-order valence-electron chi connectivity index (χ1n) is 26.5. The Morgan fingerprint density at radius 3 is 1.42 bits per heavy atom. The van der Waals surface area contributed by atoms with Crippen molar-refractivity contribution in [2.75, 3.05) is 40.9 Å². The Bertz CT molecular complexity index is 1330. The molecule has 0 aromatic carbocycles.